The molecular formula is C17H13N5O2. The minimum Gasteiger partial charge on any atom is -0.469 e. The molecule has 24 heavy (non-hydrogen) atoms. The van der Waals surface area contributed by atoms with Crippen LogP contribution >= 0.6 is 0 Å². The number of aromatic nitrogens is 3. The molecule has 3 aromatic rings. The Morgan fingerprint density at radius 1 is 1.29 bits per heavy atom. The summed E-state index contributed by atoms with van der Waals surface area (Å²) in [4.78, 5) is 12.7. The fraction of sp³-hybridized carbons (Fsp3) is 0.176. The summed E-state index contributed by atoms with van der Waals surface area (Å²) >= 11 is 0. The molecule has 4 rings (SSSR count). The minimum absolute atomic E-state index is 0.191. The average Bonchev–Trinajstić information content (AvgIpc) is 3.10. The van der Waals surface area contributed by atoms with Gasteiger partial charge in [-0.05, 0) is 18.1 Å². The predicted octanol–water partition coefficient (Wildman–Crippen LogP) is 2.36. The largest absolute Gasteiger partial charge is 0.469 e. The standard InChI is InChI=1S/C17H13N5O2/c1-23-17-20-7-9(8-21-17)14-11-2-3-13-10(4-5-24-13)15(11)22-16(19)12(14)6-18/h4-5,7-8H,2-3H2,1H3,(H2,19,22). The second kappa shape index (κ2) is 5.35. The Balaban J connectivity index is 2.01. The van der Waals surface area contributed by atoms with Crippen LogP contribution in [0.3, 0.4) is 0 Å². The van der Waals surface area contributed by atoms with Crippen LogP contribution in [0.1, 0.15) is 16.9 Å². The lowest BCUT2D eigenvalue weighted by Gasteiger charge is -2.20. The summed E-state index contributed by atoms with van der Waals surface area (Å²) in [7, 11) is 1.50. The molecular weight excluding hydrogens is 306 g/mol. The maximum atomic E-state index is 9.56. The monoisotopic (exact) mass is 319 g/mol. The Morgan fingerprint density at radius 3 is 2.79 bits per heavy atom. The lowest BCUT2D eigenvalue weighted by atomic mass is 9.86. The van der Waals surface area contributed by atoms with Gasteiger partial charge in [-0.25, -0.2) is 15.0 Å². The average molecular weight is 319 g/mol. The van der Waals surface area contributed by atoms with Gasteiger partial charge in [0.2, 0.25) is 0 Å². The van der Waals surface area contributed by atoms with Gasteiger partial charge >= 0.3 is 6.01 Å². The minimum atomic E-state index is 0.191. The van der Waals surface area contributed by atoms with Crippen LogP contribution in [0.5, 0.6) is 6.01 Å². The van der Waals surface area contributed by atoms with Gasteiger partial charge in [0.25, 0.3) is 0 Å². The van der Waals surface area contributed by atoms with Crippen LogP contribution in [-0.2, 0) is 12.8 Å². The van der Waals surface area contributed by atoms with E-state index in [-0.39, 0.29) is 11.8 Å². The molecule has 0 bridgehead atoms. The third-order valence-corrected chi connectivity index (χ3v) is 4.14. The number of aryl methyl sites for hydroxylation is 1. The van der Waals surface area contributed by atoms with Crippen molar-refractivity contribution >= 4 is 5.82 Å². The number of nitrogens with zero attached hydrogens (tertiary/aromatic N) is 4. The first-order valence-electron chi connectivity index (χ1n) is 7.38. The van der Waals surface area contributed by atoms with Gasteiger partial charge in [-0.1, -0.05) is 0 Å². The van der Waals surface area contributed by atoms with Gasteiger partial charge in [-0.15, -0.1) is 0 Å². The lowest BCUT2D eigenvalue weighted by Crippen LogP contribution is -2.10. The van der Waals surface area contributed by atoms with E-state index in [0.717, 1.165) is 34.6 Å². The summed E-state index contributed by atoms with van der Waals surface area (Å²) < 4.78 is 10.5. The van der Waals surface area contributed by atoms with Crippen molar-refractivity contribution in [1.82, 2.24) is 15.0 Å². The maximum absolute atomic E-state index is 9.56. The van der Waals surface area contributed by atoms with Crippen molar-refractivity contribution in [3.63, 3.8) is 0 Å². The molecule has 3 heterocycles. The second-order valence-corrected chi connectivity index (χ2v) is 5.40. The molecule has 0 fully saturated rings. The topological polar surface area (TPSA) is 111 Å². The second-order valence-electron chi connectivity index (χ2n) is 5.40. The molecule has 0 atom stereocenters. The number of nitriles is 1. The highest BCUT2D eigenvalue weighted by molar-refractivity contribution is 5.85. The van der Waals surface area contributed by atoms with Gasteiger partial charge in [0.15, 0.2) is 0 Å². The van der Waals surface area contributed by atoms with Gasteiger partial charge in [-0.3, -0.25) is 0 Å². The Labute approximate surface area is 137 Å². The van der Waals surface area contributed by atoms with Crippen LogP contribution in [0, 0.1) is 11.3 Å². The van der Waals surface area contributed by atoms with E-state index in [1.54, 1.807) is 18.7 Å². The Hall–Kier alpha value is -3.40. The number of furan rings is 1. The zero-order valence-electron chi connectivity index (χ0n) is 12.9. The summed E-state index contributed by atoms with van der Waals surface area (Å²) in [6.45, 7) is 0. The molecule has 7 heteroatoms. The molecule has 0 radical (unpaired) electrons. The zero-order valence-corrected chi connectivity index (χ0v) is 12.9. The van der Waals surface area contributed by atoms with Gasteiger partial charge in [0, 0.05) is 35.5 Å². The summed E-state index contributed by atoms with van der Waals surface area (Å²) in [6, 6.07) is 4.31. The summed E-state index contributed by atoms with van der Waals surface area (Å²) in [5.41, 5.74) is 10.5. The van der Waals surface area contributed by atoms with E-state index in [4.69, 9.17) is 14.9 Å². The van der Waals surface area contributed by atoms with E-state index >= 15 is 0 Å². The van der Waals surface area contributed by atoms with E-state index in [1.807, 2.05) is 6.07 Å². The molecule has 0 amide bonds. The predicted molar refractivity (Wildman–Crippen MR) is 86.1 cm³/mol. The number of rotatable bonds is 2. The zero-order chi connectivity index (χ0) is 16.7. The third-order valence-electron chi connectivity index (χ3n) is 4.14. The highest BCUT2D eigenvalue weighted by Crippen LogP contribution is 2.41. The third kappa shape index (κ3) is 2.01. The first kappa shape index (κ1) is 14.2. The number of nitrogens with two attached hydrogens (primary N) is 1. The van der Waals surface area contributed by atoms with Crippen molar-refractivity contribution in [2.45, 2.75) is 12.8 Å². The van der Waals surface area contributed by atoms with Crippen LogP contribution in [0.4, 0.5) is 5.82 Å². The SMILES string of the molecule is COc1ncc(-c2c(C#N)c(N)nc3c2CCc2occc2-3)cn1. The van der Waals surface area contributed by atoms with Crippen LogP contribution < -0.4 is 10.5 Å². The van der Waals surface area contributed by atoms with Gasteiger partial charge in [-0.2, -0.15) is 5.26 Å². The van der Waals surface area contributed by atoms with Crippen LogP contribution in [0.2, 0.25) is 0 Å². The fourth-order valence-corrected chi connectivity index (χ4v) is 3.07. The molecule has 0 spiro atoms. The highest BCUT2D eigenvalue weighted by Gasteiger charge is 2.27. The number of anilines is 1. The van der Waals surface area contributed by atoms with Crippen LogP contribution in [0.15, 0.2) is 29.1 Å². The molecule has 2 N–H and O–H groups in total. The van der Waals surface area contributed by atoms with Gasteiger partial charge < -0.3 is 14.9 Å². The van der Waals surface area contributed by atoms with E-state index in [1.165, 1.54) is 7.11 Å². The van der Waals surface area contributed by atoms with Crippen molar-refractivity contribution in [3.05, 3.63) is 41.6 Å². The molecule has 0 aliphatic heterocycles. The number of hydrogen-bond acceptors (Lipinski definition) is 7. The fourth-order valence-electron chi connectivity index (χ4n) is 3.07. The maximum Gasteiger partial charge on any atom is 0.316 e. The van der Waals surface area contributed by atoms with Crippen molar-refractivity contribution < 1.29 is 9.15 Å². The van der Waals surface area contributed by atoms with E-state index in [2.05, 4.69) is 21.0 Å². The summed E-state index contributed by atoms with van der Waals surface area (Å²) in [6.07, 6.45) is 6.36. The van der Waals surface area contributed by atoms with E-state index < -0.39 is 0 Å². The Morgan fingerprint density at radius 2 is 2.08 bits per heavy atom. The lowest BCUT2D eigenvalue weighted by molar-refractivity contribution is 0.380. The molecule has 0 saturated heterocycles. The molecule has 1 aliphatic carbocycles. The summed E-state index contributed by atoms with van der Waals surface area (Å²) in [5, 5.41) is 9.56. The van der Waals surface area contributed by atoms with Gasteiger partial charge in [0.05, 0.1) is 19.1 Å². The molecule has 0 saturated carbocycles. The molecule has 0 unspecified atom stereocenters. The normalized spacial score (nSPS) is 12.2. The number of fused-ring (bicyclic) bond motifs is 3. The highest BCUT2D eigenvalue weighted by atomic mass is 16.5. The number of hydrogen-bond donors (Lipinski definition) is 1. The number of pyridine rings is 1. The number of methoxy groups -OCH3 is 1. The quantitative estimate of drug-likeness (QED) is 0.771. The van der Waals surface area contributed by atoms with Crippen molar-refractivity contribution in [2.24, 2.45) is 0 Å². The molecule has 7 nitrogen and oxygen atoms in total. The Kier molecular flexibility index (Phi) is 3.17. The first-order chi connectivity index (χ1) is 11.7. The Bertz CT molecular complexity index is 970. The smallest absolute Gasteiger partial charge is 0.316 e. The van der Waals surface area contributed by atoms with Gasteiger partial charge in [0.1, 0.15) is 23.2 Å². The number of nitrogen functional groups attached to an aromatic ring is 1. The first-order valence-corrected chi connectivity index (χ1v) is 7.38. The molecule has 3 aromatic heterocycles. The van der Waals surface area contributed by atoms with E-state index in [9.17, 15) is 5.26 Å². The number of ether oxygens (including phenoxy) is 1. The molecule has 118 valence electrons. The molecule has 0 aromatic carbocycles. The van der Waals surface area contributed by atoms with Crippen molar-refractivity contribution in [3.8, 4) is 34.5 Å². The van der Waals surface area contributed by atoms with Crippen molar-refractivity contribution in [2.75, 3.05) is 12.8 Å². The van der Waals surface area contributed by atoms with Crippen LogP contribution in [-0.4, -0.2) is 22.1 Å². The van der Waals surface area contributed by atoms with Crippen molar-refractivity contribution in [1.29, 1.82) is 5.26 Å². The van der Waals surface area contributed by atoms with E-state index in [0.29, 0.717) is 17.5 Å². The van der Waals surface area contributed by atoms with Crippen LogP contribution in [0.25, 0.3) is 22.4 Å². The summed E-state index contributed by atoms with van der Waals surface area (Å²) in [5.74, 6) is 1.08. The molecule has 1 aliphatic rings.